The third-order valence-electron chi connectivity index (χ3n) is 3.83. The summed E-state index contributed by atoms with van der Waals surface area (Å²) >= 11 is 0. The van der Waals surface area contributed by atoms with Gasteiger partial charge in [0.15, 0.2) is 0 Å². The van der Waals surface area contributed by atoms with Crippen LogP contribution in [0.15, 0.2) is 18.2 Å². The molecule has 0 aromatic heterocycles. The smallest absolute Gasteiger partial charge is 0.227 e. The highest BCUT2D eigenvalue weighted by atomic mass is 16.2. The number of aryl methyl sites for hydroxylation is 1. The van der Waals surface area contributed by atoms with Gasteiger partial charge in [-0.3, -0.25) is 4.79 Å². The molecule has 4 nitrogen and oxygen atoms in total. The van der Waals surface area contributed by atoms with Crippen molar-refractivity contribution in [2.75, 3.05) is 30.8 Å². The highest BCUT2D eigenvalue weighted by Crippen LogP contribution is 2.37. The predicted molar refractivity (Wildman–Crippen MR) is 74.6 cm³/mol. The Balaban J connectivity index is 2.26. The van der Waals surface area contributed by atoms with Crippen molar-refractivity contribution >= 4 is 17.3 Å². The second-order valence-electron chi connectivity index (χ2n) is 5.32. The minimum atomic E-state index is -0.316. The Morgan fingerprint density at radius 2 is 2.22 bits per heavy atom. The summed E-state index contributed by atoms with van der Waals surface area (Å²) in [6, 6.07) is 5.93. The Labute approximate surface area is 108 Å². The molecule has 1 saturated heterocycles. The number of rotatable bonds is 2. The molecular formula is C14H21N3O. The summed E-state index contributed by atoms with van der Waals surface area (Å²) < 4.78 is 0. The number of anilines is 2. The number of carbonyl (C=O) groups excluding carboxylic acids is 1. The van der Waals surface area contributed by atoms with Gasteiger partial charge in [-0.25, -0.2) is 0 Å². The van der Waals surface area contributed by atoms with E-state index < -0.39 is 0 Å². The van der Waals surface area contributed by atoms with Crippen molar-refractivity contribution in [3.05, 3.63) is 23.8 Å². The average molecular weight is 247 g/mol. The lowest BCUT2D eigenvalue weighted by Crippen LogP contribution is -2.39. The van der Waals surface area contributed by atoms with Gasteiger partial charge in [0.05, 0.1) is 16.8 Å². The molecule has 0 saturated carbocycles. The summed E-state index contributed by atoms with van der Waals surface area (Å²) in [6.07, 6.45) is 0.862. The largest absolute Gasteiger partial charge is 0.397 e. The van der Waals surface area contributed by atoms with Crippen LogP contribution in [-0.4, -0.2) is 26.0 Å². The van der Waals surface area contributed by atoms with Crippen LogP contribution in [0, 0.1) is 12.3 Å². The first-order valence-electron chi connectivity index (χ1n) is 6.30. The van der Waals surface area contributed by atoms with E-state index in [2.05, 4.69) is 23.2 Å². The molecule has 4 heteroatoms. The van der Waals surface area contributed by atoms with Crippen molar-refractivity contribution in [1.29, 1.82) is 0 Å². The molecule has 0 aliphatic carbocycles. The Hall–Kier alpha value is -1.71. The van der Waals surface area contributed by atoms with Gasteiger partial charge in [-0.05, 0) is 31.9 Å². The zero-order valence-electron chi connectivity index (χ0n) is 11.3. The number of nitrogens with zero attached hydrogens (tertiary/aromatic N) is 1. The molecule has 1 aromatic rings. The summed E-state index contributed by atoms with van der Waals surface area (Å²) in [6.45, 7) is 5.67. The van der Waals surface area contributed by atoms with Crippen molar-refractivity contribution in [3.63, 3.8) is 0 Å². The first-order valence-corrected chi connectivity index (χ1v) is 6.30. The summed E-state index contributed by atoms with van der Waals surface area (Å²) in [4.78, 5) is 14.1. The number of nitrogens with two attached hydrogens (primary N) is 1. The third-order valence-corrected chi connectivity index (χ3v) is 3.83. The fourth-order valence-corrected chi connectivity index (χ4v) is 2.75. The summed E-state index contributed by atoms with van der Waals surface area (Å²) in [7, 11) is 1.69. The standard InChI is InChI=1S/C14H21N3O/c1-10-5-4-6-11(15)12(10)17-8-7-14(2,9-17)13(18)16-3/h4-6H,7-9,15H2,1-3H3,(H,16,18). The van der Waals surface area contributed by atoms with Crippen LogP contribution < -0.4 is 16.0 Å². The van der Waals surface area contributed by atoms with E-state index in [9.17, 15) is 4.79 Å². The molecule has 1 atom stereocenters. The Morgan fingerprint density at radius 1 is 1.50 bits per heavy atom. The first kappa shape index (κ1) is 12.7. The number of amides is 1. The van der Waals surface area contributed by atoms with Crippen LogP contribution in [0.3, 0.4) is 0 Å². The molecule has 1 unspecified atom stereocenters. The van der Waals surface area contributed by atoms with Gasteiger partial charge in [0.25, 0.3) is 0 Å². The Morgan fingerprint density at radius 3 is 2.83 bits per heavy atom. The minimum absolute atomic E-state index is 0.108. The summed E-state index contributed by atoms with van der Waals surface area (Å²) in [5.41, 5.74) is 8.77. The van der Waals surface area contributed by atoms with Crippen molar-refractivity contribution in [1.82, 2.24) is 5.32 Å². The van der Waals surface area contributed by atoms with E-state index in [0.717, 1.165) is 36.4 Å². The Kier molecular flexibility index (Phi) is 3.20. The second kappa shape index (κ2) is 4.52. The summed E-state index contributed by atoms with van der Waals surface area (Å²) in [5.74, 6) is 0.108. The topological polar surface area (TPSA) is 58.4 Å². The van der Waals surface area contributed by atoms with Crippen LogP contribution in [-0.2, 0) is 4.79 Å². The van der Waals surface area contributed by atoms with Gasteiger partial charge in [-0.2, -0.15) is 0 Å². The van der Waals surface area contributed by atoms with E-state index in [1.54, 1.807) is 7.05 Å². The molecule has 1 heterocycles. The van der Waals surface area contributed by atoms with E-state index in [1.165, 1.54) is 0 Å². The molecule has 0 radical (unpaired) electrons. The van der Waals surface area contributed by atoms with Crippen LogP contribution >= 0.6 is 0 Å². The van der Waals surface area contributed by atoms with E-state index in [1.807, 2.05) is 19.1 Å². The number of carbonyl (C=O) groups is 1. The van der Waals surface area contributed by atoms with Gasteiger partial charge in [0.2, 0.25) is 5.91 Å². The monoisotopic (exact) mass is 247 g/mol. The molecule has 18 heavy (non-hydrogen) atoms. The van der Waals surface area contributed by atoms with Crippen molar-refractivity contribution in [2.24, 2.45) is 5.41 Å². The lowest BCUT2D eigenvalue weighted by molar-refractivity contribution is -0.128. The number of hydrogen-bond acceptors (Lipinski definition) is 3. The molecule has 1 amide bonds. The van der Waals surface area contributed by atoms with Crippen LogP contribution in [0.2, 0.25) is 0 Å². The van der Waals surface area contributed by atoms with E-state index in [4.69, 9.17) is 5.73 Å². The highest BCUT2D eigenvalue weighted by Gasteiger charge is 2.40. The zero-order chi connectivity index (χ0) is 13.3. The maximum atomic E-state index is 11.9. The first-order chi connectivity index (χ1) is 8.48. The van der Waals surface area contributed by atoms with Gasteiger partial charge in [0.1, 0.15) is 0 Å². The lowest BCUT2D eigenvalue weighted by atomic mass is 9.89. The fraction of sp³-hybridized carbons (Fsp3) is 0.500. The molecule has 1 fully saturated rings. The third kappa shape index (κ3) is 2.03. The predicted octanol–water partition coefficient (Wildman–Crippen LogP) is 1.54. The molecular weight excluding hydrogens is 226 g/mol. The highest BCUT2D eigenvalue weighted by molar-refractivity contribution is 5.84. The van der Waals surface area contributed by atoms with Crippen LogP contribution in [0.5, 0.6) is 0 Å². The average Bonchev–Trinajstić information content (AvgIpc) is 2.72. The molecule has 0 bridgehead atoms. The maximum absolute atomic E-state index is 11.9. The maximum Gasteiger partial charge on any atom is 0.227 e. The molecule has 2 rings (SSSR count). The molecule has 0 spiro atoms. The fourth-order valence-electron chi connectivity index (χ4n) is 2.75. The zero-order valence-corrected chi connectivity index (χ0v) is 11.3. The quantitative estimate of drug-likeness (QED) is 0.779. The van der Waals surface area contributed by atoms with Crippen molar-refractivity contribution < 1.29 is 4.79 Å². The number of nitrogen functional groups attached to an aromatic ring is 1. The normalized spacial score (nSPS) is 23.2. The lowest BCUT2D eigenvalue weighted by Gasteiger charge is -2.26. The molecule has 1 aliphatic rings. The SMILES string of the molecule is CNC(=O)C1(C)CCN(c2c(C)cccc2N)C1. The van der Waals surface area contributed by atoms with Crippen LogP contribution in [0.25, 0.3) is 0 Å². The van der Waals surface area contributed by atoms with Gasteiger partial charge in [-0.1, -0.05) is 12.1 Å². The van der Waals surface area contributed by atoms with Crippen LogP contribution in [0.4, 0.5) is 11.4 Å². The Bertz CT molecular complexity index is 452. The van der Waals surface area contributed by atoms with Gasteiger partial charge >= 0.3 is 0 Å². The molecule has 1 aliphatic heterocycles. The van der Waals surface area contributed by atoms with E-state index >= 15 is 0 Å². The van der Waals surface area contributed by atoms with Crippen molar-refractivity contribution in [2.45, 2.75) is 20.3 Å². The van der Waals surface area contributed by atoms with Gasteiger partial charge in [0, 0.05) is 20.1 Å². The van der Waals surface area contributed by atoms with E-state index in [0.29, 0.717) is 0 Å². The van der Waals surface area contributed by atoms with E-state index in [-0.39, 0.29) is 11.3 Å². The minimum Gasteiger partial charge on any atom is -0.397 e. The molecule has 3 N–H and O–H groups in total. The number of benzene rings is 1. The second-order valence-corrected chi connectivity index (χ2v) is 5.32. The van der Waals surface area contributed by atoms with Crippen LogP contribution in [0.1, 0.15) is 18.9 Å². The number of nitrogens with one attached hydrogen (secondary N) is 1. The van der Waals surface area contributed by atoms with Gasteiger partial charge < -0.3 is 16.0 Å². The van der Waals surface area contributed by atoms with Gasteiger partial charge in [-0.15, -0.1) is 0 Å². The molecule has 98 valence electrons. The molecule has 1 aromatic carbocycles. The summed E-state index contributed by atoms with van der Waals surface area (Å²) in [5, 5.41) is 2.75. The van der Waals surface area contributed by atoms with Crippen molar-refractivity contribution in [3.8, 4) is 0 Å². The number of para-hydroxylation sites is 1. The number of hydrogen-bond donors (Lipinski definition) is 2.